The van der Waals surface area contributed by atoms with Crippen LogP contribution in [-0.4, -0.2) is 12.4 Å². The molecule has 0 amide bonds. The summed E-state index contributed by atoms with van der Waals surface area (Å²) in [5.41, 5.74) is 0.980. The molecule has 0 spiro atoms. The predicted molar refractivity (Wildman–Crippen MR) is 56.6 cm³/mol. The van der Waals surface area contributed by atoms with E-state index in [1.54, 1.807) is 6.92 Å². The number of benzene rings is 1. The summed E-state index contributed by atoms with van der Waals surface area (Å²) in [6.07, 6.45) is 1.44. The van der Waals surface area contributed by atoms with Gasteiger partial charge in [0, 0.05) is 12.0 Å². The average molecular weight is 192 g/mol. The van der Waals surface area contributed by atoms with Crippen molar-refractivity contribution in [1.82, 2.24) is 0 Å². The zero-order valence-corrected chi connectivity index (χ0v) is 8.75. The molecule has 0 aliphatic rings. The summed E-state index contributed by atoms with van der Waals surface area (Å²) < 4.78 is 5.53. The van der Waals surface area contributed by atoms with Gasteiger partial charge in [0.2, 0.25) is 0 Å². The number of ether oxygens (including phenoxy) is 1. The number of ketones is 1. The smallest absolute Gasteiger partial charge is 0.134 e. The van der Waals surface area contributed by atoms with Crippen molar-refractivity contribution in [2.45, 2.75) is 26.7 Å². The Morgan fingerprint density at radius 3 is 2.71 bits per heavy atom. The number of Topliss-reactive ketones (excluding diaryl/α,β-unsaturated/α-hetero) is 1. The van der Waals surface area contributed by atoms with E-state index >= 15 is 0 Å². The van der Waals surface area contributed by atoms with Crippen molar-refractivity contribution in [3.05, 3.63) is 29.8 Å². The Bertz CT molecular complexity index is 305. The molecular weight excluding hydrogens is 176 g/mol. The van der Waals surface area contributed by atoms with Crippen LogP contribution in [0.25, 0.3) is 0 Å². The first-order chi connectivity index (χ1) is 6.74. The van der Waals surface area contributed by atoms with Crippen LogP contribution in [0.2, 0.25) is 0 Å². The first kappa shape index (κ1) is 10.8. The Morgan fingerprint density at radius 1 is 1.36 bits per heavy atom. The van der Waals surface area contributed by atoms with E-state index in [4.69, 9.17) is 4.74 Å². The predicted octanol–water partition coefficient (Wildman–Crippen LogP) is 2.61. The van der Waals surface area contributed by atoms with Crippen LogP contribution in [0.15, 0.2) is 24.3 Å². The summed E-state index contributed by atoms with van der Waals surface area (Å²) in [6, 6.07) is 7.70. The lowest BCUT2D eigenvalue weighted by atomic mass is 10.1. The van der Waals surface area contributed by atoms with Crippen molar-refractivity contribution < 1.29 is 9.53 Å². The zero-order valence-electron chi connectivity index (χ0n) is 8.75. The number of para-hydroxylation sites is 1. The molecular formula is C12H16O2. The second kappa shape index (κ2) is 5.43. The van der Waals surface area contributed by atoms with E-state index in [2.05, 4.69) is 6.92 Å². The van der Waals surface area contributed by atoms with Crippen LogP contribution in [-0.2, 0) is 11.2 Å². The molecule has 1 rings (SSSR count). The molecule has 76 valence electrons. The number of hydrogen-bond donors (Lipinski definition) is 0. The Kier molecular flexibility index (Phi) is 4.17. The number of carbonyl (C=O) groups excluding carboxylic acids is 1. The summed E-state index contributed by atoms with van der Waals surface area (Å²) >= 11 is 0. The summed E-state index contributed by atoms with van der Waals surface area (Å²) in [5, 5.41) is 0. The molecule has 0 atom stereocenters. The fourth-order valence-corrected chi connectivity index (χ4v) is 1.27. The summed E-state index contributed by atoms with van der Waals surface area (Å²) in [6.45, 7) is 4.36. The Labute approximate surface area is 84.9 Å². The molecule has 0 heterocycles. The first-order valence-corrected chi connectivity index (χ1v) is 4.94. The quantitative estimate of drug-likeness (QED) is 0.716. The van der Waals surface area contributed by atoms with E-state index in [0.717, 1.165) is 17.7 Å². The summed E-state index contributed by atoms with van der Waals surface area (Å²) in [7, 11) is 0. The zero-order chi connectivity index (χ0) is 10.4. The third-order valence-electron chi connectivity index (χ3n) is 1.87. The fourth-order valence-electron chi connectivity index (χ4n) is 1.27. The highest BCUT2D eigenvalue weighted by molar-refractivity contribution is 5.78. The van der Waals surface area contributed by atoms with E-state index in [1.807, 2.05) is 24.3 Å². The molecule has 0 unspecified atom stereocenters. The molecule has 0 bridgehead atoms. The second-order valence-electron chi connectivity index (χ2n) is 3.33. The fraction of sp³-hybridized carbons (Fsp3) is 0.417. The third kappa shape index (κ3) is 3.21. The van der Waals surface area contributed by atoms with Gasteiger partial charge in [0.25, 0.3) is 0 Å². The minimum atomic E-state index is 0.164. The van der Waals surface area contributed by atoms with Crippen molar-refractivity contribution in [3.8, 4) is 5.75 Å². The molecule has 0 saturated heterocycles. The van der Waals surface area contributed by atoms with Gasteiger partial charge in [-0.25, -0.2) is 0 Å². The standard InChI is InChI=1S/C12H16O2/c1-3-8-14-12-7-5-4-6-11(12)9-10(2)13/h4-7H,3,8-9H2,1-2H3. The van der Waals surface area contributed by atoms with E-state index in [1.165, 1.54) is 0 Å². The lowest BCUT2D eigenvalue weighted by Gasteiger charge is -2.09. The lowest BCUT2D eigenvalue weighted by molar-refractivity contribution is -0.116. The van der Waals surface area contributed by atoms with Gasteiger partial charge >= 0.3 is 0 Å². The van der Waals surface area contributed by atoms with E-state index < -0.39 is 0 Å². The molecule has 0 aromatic heterocycles. The van der Waals surface area contributed by atoms with Crippen LogP contribution in [0.5, 0.6) is 5.75 Å². The topological polar surface area (TPSA) is 26.3 Å². The van der Waals surface area contributed by atoms with Gasteiger partial charge in [0.1, 0.15) is 11.5 Å². The molecule has 1 aromatic rings. The minimum absolute atomic E-state index is 0.164. The maximum atomic E-state index is 11.0. The number of rotatable bonds is 5. The Morgan fingerprint density at radius 2 is 2.07 bits per heavy atom. The van der Waals surface area contributed by atoms with Gasteiger partial charge in [-0.05, 0) is 19.4 Å². The monoisotopic (exact) mass is 192 g/mol. The maximum absolute atomic E-state index is 11.0. The average Bonchev–Trinajstić information content (AvgIpc) is 2.16. The van der Waals surface area contributed by atoms with Crippen molar-refractivity contribution in [2.75, 3.05) is 6.61 Å². The van der Waals surface area contributed by atoms with Crippen LogP contribution in [0, 0.1) is 0 Å². The SMILES string of the molecule is CCCOc1ccccc1CC(C)=O. The molecule has 0 fully saturated rings. The van der Waals surface area contributed by atoms with Crippen molar-refractivity contribution in [3.63, 3.8) is 0 Å². The molecule has 0 aliphatic carbocycles. The lowest BCUT2D eigenvalue weighted by Crippen LogP contribution is -2.02. The number of carbonyl (C=O) groups is 1. The van der Waals surface area contributed by atoms with E-state index in [9.17, 15) is 4.79 Å². The maximum Gasteiger partial charge on any atom is 0.134 e. The van der Waals surface area contributed by atoms with Gasteiger partial charge in [-0.1, -0.05) is 25.1 Å². The van der Waals surface area contributed by atoms with Gasteiger partial charge in [-0.15, -0.1) is 0 Å². The highest BCUT2D eigenvalue weighted by atomic mass is 16.5. The first-order valence-electron chi connectivity index (χ1n) is 4.94. The van der Waals surface area contributed by atoms with Crippen molar-refractivity contribution in [2.24, 2.45) is 0 Å². The Balaban J connectivity index is 2.74. The van der Waals surface area contributed by atoms with Gasteiger partial charge in [-0.2, -0.15) is 0 Å². The van der Waals surface area contributed by atoms with Crippen LogP contribution in [0.1, 0.15) is 25.8 Å². The second-order valence-corrected chi connectivity index (χ2v) is 3.33. The van der Waals surface area contributed by atoms with Crippen molar-refractivity contribution >= 4 is 5.78 Å². The minimum Gasteiger partial charge on any atom is -0.493 e. The molecule has 1 aromatic carbocycles. The van der Waals surface area contributed by atoms with Gasteiger partial charge in [0.15, 0.2) is 0 Å². The summed E-state index contributed by atoms with van der Waals surface area (Å²) in [4.78, 5) is 11.0. The molecule has 0 N–H and O–H groups in total. The van der Waals surface area contributed by atoms with Gasteiger partial charge in [-0.3, -0.25) is 4.79 Å². The van der Waals surface area contributed by atoms with Gasteiger partial charge < -0.3 is 4.74 Å². The molecule has 2 nitrogen and oxygen atoms in total. The highest BCUT2D eigenvalue weighted by Gasteiger charge is 2.04. The normalized spacial score (nSPS) is 9.86. The van der Waals surface area contributed by atoms with Gasteiger partial charge in [0.05, 0.1) is 6.61 Å². The number of hydrogen-bond acceptors (Lipinski definition) is 2. The molecule has 2 heteroatoms. The summed E-state index contributed by atoms with van der Waals surface area (Å²) in [5.74, 6) is 1.00. The van der Waals surface area contributed by atoms with Crippen LogP contribution >= 0.6 is 0 Å². The largest absolute Gasteiger partial charge is 0.493 e. The Hall–Kier alpha value is -1.31. The molecule has 0 saturated carbocycles. The van der Waals surface area contributed by atoms with Crippen LogP contribution in [0.4, 0.5) is 0 Å². The highest BCUT2D eigenvalue weighted by Crippen LogP contribution is 2.18. The molecule has 0 radical (unpaired) electrons. The van der Waals surface area contributed by atoms with E-state index in [0.29, 0.717) is 13.0 Å². The van der Waals surface area contributed by atoms with Crippen molar-refractivity contribution in [1.29, 1.82) is 0 Å². The molecule has 0 aliphatic heterocycles. The third-order valence-corrected chi connectivity index (χ3v) is 1.87. The van der Waals surface area contributed by atoms with E-state index in [-0.39, 0.29) is 5.78 Å². The molecule has 14 heavy (non-hydrogen) atoms. The van der Waals surface area contributed by atoms with Crippen LogP contribution in [0.3, 0.4) is 0 Å². The van der Waals surface area contributed by atoms with Crippen LogP contribution < -0.4 is 4.74 Å².